The first-order valence-corrected chi connectivity index (χ1v) is 7.33. The van der Waals surface area contributed by atoms with E-state index in [2.05, 4.69) is 22.4 Å². The number of carbonyl (C=O) groups is 1. The van der Waals surface area contributed by atoms with Gasteiger partial charge in [0.15, 0.2) is 0 Å². The van der Waals surface area contributed by atoms with Gasteiger partial charge in [-0.05, 0) is 26.7 Å². The highest BCUT2D eigenvalue weighted by Crippen LogP contribution is 2.22. The molecule has 6 heteroatoms. The maximum Gasteiger partial charge on any atom is 0.245 e. The van der Waals surface area contributed by atoms with Gasteiger partial charge >= 0.3 is 0 Å². The van der Waals surface area contributed by atoms with Crippen LogP contribution in [0, 0.1) is 0 Å². The third kappa shape index (κ3) is 2.80. The molecule has 1 amide bonds. The van der Waals surface area contributed by atoms with E-state index in [0.29, 0.717) is 0 Å². The Hall–Kier alpha value is -1.17. The van der Waals surface area contributed by atoms with Crippen LogP contribution in [0.15, 0.2) is 0 Å². The molecule has 1 aromatic rings. The number of anilines is 1. The molecule has 0 radical (unpaired) electrons. The number of hydrogen-bond donors (Lipinski definition) is 1. The van der Waals surface area contributed by atoms with E-state index in [1.807, 2.05) is 18.7 Å². The van der Waals surface area contributed by atoms with E-state index in [-0.39, 0.29) is 18.0 Å². The first-order chi connectivity index (χ1) is 8.61. The molecule has 0 aliphatic carbocycles. The second kappa shape index (κ2) is 5.65. The van der Waals surface area contributed by atoms with Crippen LogP contribution in [0.3, 0.4) is 0 Å². The maximum absolute atomic E-state index is 12.1. The number of nitrogens with zero attached hydrogens (tertiary/aromatic N) is 3. The molecule has 1 aliphatic heterocycles. The molecule has 0 spiro atoms. The van der Waals surface area contributed by atoms with Crippen molar-refractivity contribution in [3.8, 4) is 0 Å². The number of likely N-dealkylation sites (tertiary alicyclic amines) is 1. The lowest BCUT2D eigenvalue weighted by Gasteiger charge is -2.20. The lowest BCUT2D eigenvalue weighted by Crippen LogP contribution is -2.37. The van der Waals surface area contributed by atoms with Crippen molar-refractivity contribution >= 4 is 22.4 Å². The monoisotopic (exact) mass is 268 g/mol. The minimum absolute atomic E-state index is 0.130. The van der Waals surface area contributed by atoms with Crippen molar-refractivity contribution in [3.05, 3.63) is 5.01 Å². The van der Waals surface area contributed by atoms with Crippen molar-refractivity contribution in [2.24, 2.45) is 0 Å². The van der Waals surface area contributed by atoms with Gasteiger partial charge in [0.2, 0.25) is 11.0 Å². The Bertz CT molecular complexity index is 418. The molecule has 100 valence electrons. The van der Waals surface area contributed by atoms with Gasteiger partial charge in [-0.25, -0.2) is 0 Å². The quantitative estimate of drug-likeness (QED) is 0.886. The summed E-state index contributed by atoms with van der Waals surface area (Å²) in [6.45, 7) is 7.04. The average molecular weight is 268 g/mol. The second-order valence-electron chi connectivity index (χ2n) is 4.86. The Kier molecular flexibility index (Phi) is 4.16. The zero-order valence-corrected chi connectivity index (χ0v) is 12.0. The maximum atomic E-state index is 12.1. The molecule has 1 unspecified atom stereocenters. The first-order valence-electron chi connectivity index (χ1n) is 6.51. The largest absolute Gasteiger partial charge is 0.348 e. The predicted octanol–water partition coefficient (Wildman–Crippen LogP) is 1.91. The zero-order chi connectivity index (χ0) is 13.1. The van der Waals surface area contributed by atoms with Crippen molar-refractivity contribution in [2.75, 3.05) is 11.9 Å². The number of amides is 1. The van der Waals surface area contributed by atoms with Crippen LogP contribution >= 0.6 is 11.3 Å². The molecule has 0 bridgehead atoms. The summed E-state index contributed by atoms with van der Waals surface area (Å²) in [6.07, 6.45) is 2.87. The smallest absolute Gasteiger partial charge is 0.245 e. The Morgan fingerprint density at radius 3 is 2.89 bits per heavy atom. The molecular weight excluding hydrogens is 248 g/mol. The van der Waals surface area contributed by atoms with Crippen molar-refractivity contribution in [1.29, 1.82) is 0 Å². The van der Waals surface area contributed by atoms with Gasteiger partial charge in [-0.2, -0.15) is 0 Å². The first kappa shape index (κ1) is 13.3. The van der Waals surface area contributed by atoms with Gasteiger partial charge in [-0.3, -0.25) is 4.79 Å². The predicted molar refractivity (Wildman–Crippen MR) is 72.8 cm³/mol. The van der Waals surface area contributed by atoms with Crippen molar-refractivity contribution in [2.45, 2.75) is 52.1 Å². The van der Waals surface area contributed by atoms with Crippen molar-refractivity contribution in [3.63, 3.8) is 0 Å². The summed E-state index contributed by atoms with van der Waals surface area (Å²) in [7, 11) is 0. The number of hydrogen-bond acceptors (Lipinski definition) is 5. The Morgan fingerprint density at radius 1 is 1.50 bits per heavy atom. The van der Waals surface area contributed by atoms with E-state index in [9.17, 15) is 4.79 Å². The third-order valence-electron chi connectivity index (χ3n) is 3.09. The highest BCUT2D eigenvalue weighted by Gasteiger charge is 2.33. The van der Waals surface area contributed by atoms with Crippen LogP contribution in [0.2, 0.25) is 0 Å². The second-order valence-corrected chi connectivity index (χ2v) is 5.92. The molecule has 1 aromatic heterocycles. The fourth-order valence-electron chi connectivity index (χ4n) is 2.12. The van der Waals surface area contributed by atoms with Crippen molar-refractivity contribution < 1.29 is 4.79 Å². The van der Waals surface area contributed by atoms with Crippen LogP contribution < -0.4 is 5.32 Å². The standard InChI is InChI=1S/C12H20N4OS/c1-4-5-10-14-15-12(18-10)13-9-6-7-16(8(2)3)11(9)17/h8-9H,4-7H2,1-3H3,(H,13,15). The number of carbonyl (C=O) groups excluding carboxylic acids is 1. The number of aromatic nitrogens is 2. The molecule has 1 fully saturated rings. The van der Waals surface area contributed by atoms with E-state index in [1.54, 1.807) is 11.3 Å². The van der Waals surface area contributed by atoms with Gasteiger partial charge in [0.25, 0.3) is 0 Å². The highest BCUT2D eigenvalue weighted by atomic mass is 32.1. The summed E-state index contributed by atoms with van der Waals surface area (Å²) in [5.74, 6) is 0.178. The van der Waals surface area contributed by atoms with E-state index in [1.165, 1.54) is 0 Å². The Labute approximate surface area is 112 Å². The van der Waals surface area contributed by atoms with Crippen molar-refractivity contribution in [1.82, 2.24) is 15.1 Å². The lowest BCUT2D eigenvalue weighted by molar-refractivity contribution is -0.129. The van der Waals surface area contributed by atoms with Gasteiger partial charge in [0.05, 0.1) is 0 Å². The molecular formula is C12H20N4OS. The van der Waals surface area contributed by atoms with Gasteiger partial charge in [-0.1, -0.05) is 18.3 Å². The zero-order valence-electron chi connectivity index (χ0n) is 11.1. The van der Waals surface area contributed by atoms with Crippen LogP contribution in [-0.2, 0) is 11.2 Å². The summed E-state index contributed by atoms with van der Waals surface area (Å²) in [4.78, 5) is 14.0. The highest BCUT2D eigenvalue weighted by molar-refractivity contribution is 7.15. The third-order valence-corrected chi connectivity index (χ3v) is 4.01. The van der Waals surface area contributed by atoms with Crippen LogP contribution in [-0.4, -0.2) is 39.6 Å². The molecule has 1 N–H and O–H groups in total. The molecule has 1 saturated heterocycles. The summed E-state index contributed by atoms with van der Waals surface area (Å²) < 4.78 is 0. The van der Waals surface area contributed by atoms with E-state index < -0.39 is 0 Å². The summed E-state index contributed by atoms with van der Waals surface area (Å²) in [5.41, 5.74) is 0. The molecule has 1 atom stereocenters. The average Bonchev–Trinajstić information content (AvgIpc) is 2.89. The molecule has 5 nitrogen and oxygen atoms in total. The molecule has 18 heavy (non-hydrogen) atoms. The summed E-state index contributed by atoms with van der Waals surface area (Å²) in [5, 5.41) is 13.2. The number of aryl methyl sites for hydroxylation is 1. The van der Waals surface area contributed by atoms with Gasteiger partial charge in [-0.15, -0.1) is 10.2 Å². The van der Waals surface area contributed by atoms with Gasteiger partial charge in [0.1, 0.15) is 11.0 Å². The van der Waals surface area contributed by atoms with E-state index in [0.717, 1.165) is 35.9 Å². The molecule has 0 aromatic carbocycles. The van der Waals surface area contributed by atoms with Gasteiger partial charge < -0.3 is 10.2 Å². The van der Waals surface area contributed by atoms with Gasteiger partial charge in [0, 0.05) is 19.0 Å². The van der Waals surface area contributed by atoms with E-state index >= 15 is 0 Å². The minimum atomic E-state index is -0.130. The van der Waals surface area contributed by atoms with E-state index in [4.69, 9.17) is 0 Å². The molecule has 1 aliphatic rings. The Balaban J connectivity index is 1.95. The van der Waals surface area contributed by atoms with Crippen LogP contribution in [0.25, 0.3) is 0 Å². The fourth-order valence-corrected chi connectivity index (χ4v) is 3.02. The minimum Gasteiger partial charge on any atom is -0.348 e. The molecule has 0 saturated carbocycles. The fraction of sp³-hybridized carbons (Fsp3) is 0.750. The normalized spacial score (nSPS) is 19.9. The summed E-state index contributed by atoms with van der Waals surface area (Å²) >= 11 is 1.55. The number of rotatable bonds is 5. The Morgan fingerprint density at radius 2 is 2.28 bits per heavy atom. The lowest BCUT2D eigenvalue weighted by atomic mass is 10.2. The van der Waals surface area contributed by atoms with Crippen LogP contribution in [0.1, 0.15) is 38.6 Å². The molecule has 2 rings (SSSR count). The SMILES string of the molecule is CCCc1nnc(NC2CCN(C(C)C)C2=O)s1. The topological polar surface area (TPSA) is 58.1 Å². The van der Waals surface area contributed by atoms with Crippen LogP contribution in [0.5, 0.6) is 0 Å². The summed E-state index contributed by atoms with van der Waals surface area (Å²) in [6, 6.07) is 0.143. The molecule has 2 heterocycles. The van der Waals surface area contributed by atoms with Crippen LogP contribution in [0.4, 0.5) is 5.13 Å². The number of nitrogens with one attached hydrogen (secondary N) is 1.